The van der Waals surface area contributed by atoms with E-state index in [1.165, 1.54) is 13.2 Å². The van der Waals surface area contributed by atoms with Gasteiger partial charge in [-0.15, -0.1) is 0 Å². The van der Waals surface area contributed by atoms with Crippen molar-refractivity contribution in [2.75, 3.05) is 19.0 Å². The van der Waals surface area contributed by atoms with Crippen LogP contribution < -0.4 is 10.1 Å². The lowest BCUT2D eigenvalue weighted by molar-refractivity contribution is -0.127. The number of aromatic carboxylic acids is 2. The van der Waals surface area contributed by atoms with Crippen LogP contribution in [-0.2, 0) is 9.59 Å². The van der Waals surface area contributed by atoms with Crippen molar-refractivity contribution in [3.8, 4) is 5.75 Å². The number of para-hydroxylation sites is 1. The maximum atomic E-state index is 12.6. The number of methoxy groups -OCH3 is 1. The fourth-order valence-electron chi connectivity index (χ4n) is 2.86. The SMILES string of the molecule is COc1ccccc1/C=C1\SC(=O)N(CC(=O)Nc2cc(C(=O)O)ccc2C(=O)O)C1=O. The van der Waals surface area contributed by atoms with Crippen LogP contribution in [0.3, 0.4) is 0 Å². The number of imide groups is 1. The number of hydrogen-bond donors (Lipinski definition) is 3. The molecule has 0 bridgehead atoms. The molecule has 11 heteroatoms. The lowest BCUT2D eigenvalue weighted by Gasteiger charge is -2.14. The van der Waals surface area contributed by atoms with Crippen molar-refractivity contribution in [2.45, 2.75) is 0 Å². The number of amides is 3. The molecular formula is C21H16N2O8S. The van der Waals surface area contributed by atoms with Gasteiger partial charge in [-0.3, -0.25) is 19.3 Å². The Morgan fingerprint density at radius 3 is 2.47 bits per heavy atom. The molecule has 0 radical (unpaired) electrons. The first-order valence-corrected chi connectivity index (χ1v) is 9.81. The highest BCUT2D eigenvalue weighted by Gasteiger charge is 2.36. The highest BCUT2D eigenvalue weighted by molar-refractivity contribution is 8.18. The van der Waals surface area contributed by atoms with E-state index in [0.717, 1.165) is 18.2 Å². The van der Waals surface area contributed by atoms with Crippen LogP contribution in [0.15, 0.2) is 47.4 Å². The smallest absolute Gasteiger partial charge is 0.337 e. The van der Waals surface area contributed by atoms with E-state index in [-0.39, 0.29) is 21.7 Å². The largest absolute Gasteiger partial charge is 0.496 e. The van der Waals surface area contributed by atoms with Gasteiger partial charge in [0, 0.05) is 5.56 Å². The van der Waals surface area contributed by atoms with Gasteiger partial charge < -0.3 is 20.3 Å². The molecule has 2 aromatic rings. The molecule has 0 aliphatic carbocycles. The number of thioether (sulfide) groups is 1. The van der Waals surface area contributed by atoms with Gasteiger partial charge in [-0.05, 0) is 42.1 Å². The minimum atomic E-state index is -1.39. The predicted molar refractivity (Wildman–Crippen MR) is 115 cm³/mol. The van der Waals surface area contributed by atoms with Crippen LogP contribution in [0, 0.1) is 0 Å². The molecule has 32 heavy (non-hydrogen) atoms. The Kier molecular flexibility index (Phi) is 6.59. The van der Waals surface area contributed by atoms with Crippen molar-refractivity contribution in [1.82, 2.24) is 4.90 Å². The first-order valence-electron chi connectivity index (χ1n) is 9.00. The molecule has 10 nitrogen and oxygen atoms in total. The van der Waals surface area contributed by atoms with Crippen LogP contribution in [0.1, 0.15) is 26.3 Å². The van der Waals surface area contributed by atoms with Crippen molar-refractivity contribution >= 4 is 52.5 Å². The third-order valence-corrected chi connectivity index (χ3v) is 5.28. The molecule has 1 fully saturated rings. The summed E-state index contributed by atoms with van der Waals surface area (Å²) in [6.45, 7) is -0.676. The molecular weight excluding hydrogens is 440 g/mol. The van der Waals surface area contributed by atoms with Gasteiger partial charge in [0.1, 0.15) is 12.3 Å². The van der Waals surface area contributed by atoms with E-state index in [1.807, 2.05) is 0 Å². The number of anilines is 1. The molecule has 1 saturated heterocycles. The molecule has 1 aliphatic rings. The lowest BCUT2D eigenvalue weighted by atomic mass is 10.1. The Hall–Kier alpha value is -4.12. The van der Waals surface area contributed by atoms with Gasteiger partial charge in [-0.1, -0.05) is 18.2 Å². The van der Waals surface area contributed by atoms with Crippen molar-refractivity contribution in [1.29, 1.82) is 0 Å². The summed E-state index contributed by atoms with van der Waals surface area (Å²) in [6.07, 6.45) is 1.47. The van der Waals surface area contributed by atoms with Gasteiger partial charge >= 0.3 is 11.9 Å². The van der Waals surface area contributed by atoms with E-state index >= 15 is 0 Å². The second-order valence-electron chi connectivity index (χ2n) is 6.43. The summed E-state index contributed by atoms with van der Waals surface area (Å²) in [4.78, 5) is 60.7. The van der Waals surface area contributed by atoms with Crippen molar-refractivity contribution in [3.05, 3.63) is 64.1 Å². The normalized spacial score (nSPS) is 14.5. The summed E-state index contributed by atoms with van der Waals surface area (Å²) in [5.74, 6) is -3.76. The van der Waals surface area contributed by atoms with E-state index in [2.05, 4.69) is 5.32 Å². The van der Waals surface area contributed by atoms with Gasteiger partial charge in [0.25, 0.3) is 11.1 Å². The number of nitrogens with zero attached hydrogens (tertiary/aromatic N) is 1. The number of carboxylic acid groups (broad SMARTS) is 2. The molecule has 1 aliphatic heterocycles. The van der Waals surface area contributed by atoms with Gasteiger partial charge in [0.2, 0.25) is 5.91 Å². The summed E-state index contributed by atoms with van der Waals surface area (Å²) in [7, 11) is 1.47. The van der Waals surface area contributed by atoms with Crippen molar-refractivity contribution in [3.63, 3.8) is 0 Å². The zero-order chi connectivity index (χ0) is 23.4. The fourth-order valence-corrected chi connectivity index (χ4v) is 3.69. The molecule has 0 unspecified atom stereocenters. The third-order valence-electron chi connectivity index (χ3n) is 4.37. The third kappa shape index (κ3) is 4.78. The van der Waals surface area contributed by atoms with Gasteiger partial charge in [0.15, 0.2) is 0 Å². The Morgan fingerprint density at radius 2 is 1.81 bits per heavy atom. The molecule has 0 atom stereocenters. The molecule has 0 aromatic heterocycles. The quantitative estimate of drug-likeness (QED) is 0.534. The minimum Gasteiger partial charge on any atom is -0.496 e. The van der Waals surface area contributed by atoms with Gasteiger partial charge in [-0.25, -0.2) is 9.59 Å². The summed E-state index contributed by atoms with van der Waals surface area (Å²) < 4.78 is 5.21. The maximum absolute atomic E-state index is 12.6. The first-order chi connectivity index (χ1) is 15.2. The topological polar surface area (TPSA) is 150 Å². The van der Waals surface area contributed by atoms with E-state index in [9.17, 15) is 29.1 Å². The molecule has 3 amide bonds. The molecule has 3 N–H and O–H groups in total. The first kappa shape index (κ1) is 22.6. The molecule has 0 spiro atoms. The molecule has 164 valence electrons. The van der Waals surface area contributed by atoms with E-state index in [1.54, 1.807) is 24.3 Å². The second-order valence-corrected chi connectivity index (χ2v) is 7.42. The minimum absolute atomic E-state index is 0.0893. The average Bonchev–Trinajstić information content (AvgIpc) is 3.01. The van der Waals surface area contributed by atoms with E-state index in [0.29, 0.717) is 28.0 Å². The van der Waals surface area contributed by atoms with Gasteiger partial charge in [0.05, 0.1) is 28.8 Å². The summed E-state index contributed by atoms with van der Waals surface area (Å²) in [6, 6.07) is 9.97. The van der Waals surface area contributed by atoms with Gasteiger partial charge in [-0.2, -0.15) is 0 Å². The van der Waals surface area contributed by atoms with Crippen molar-refractivity contribution in [2.24, 2.45) is 0 Å². The number of carbonyl (C=O) groups is 5. The number of carboxylic acids is 2. The molecule has 1 heterocycles. The summed E-state index contributed by atoms with van der Waals surface area (Å²) in [5.41, 5.74) is -0.273. The maximum Gasteiger partial charge on any atom is 0.337 e. The number of rotatable bonds is 7. The highest BCUT2D eigenvalue weighted by atomic mass is 32.2. The molecule has 2 aromatic carbocycles. The van der Waals surface area contributed by atoms with Crippen LogP contribution >= 0.6 is 11.8 Å². The number of benzene rings is 2. The number of hydrogen-bond acceptors (Lipinski definition) is 7. The fraction of sp³-hybridized carbons (Fsp3) is 0.0952. The Balaban J connectivity index is 1.79. The monoisotopic (exact) mass is 456 g/mol. The van der Waals surface area contributed by atoms with Crippen LogP contribution in [0.5, 0.6) is 5.75 Å². The average molecular weight is 456 g/mol. The van der Waals surface area contributed by atoms with Crippen molar-refractivity contribution < 1.29 is 38.9 Å². The Labute approximate surface area is 185 Å². The van der Waals surface area contributed by atoms with Crippen LogP contribution in [0.4, 0.5) is 10.5 Å². The zero-order valence-electron chi connectivity index (χ0n) is 16.5. The Bertz CT molecular complexity index is 1170. The van der Waals surface area contributed by atoms with Crippen LogP contribution in [0.2, 0.25) is 0 Å². The Morgan fingerprint density at radius 1 is 1.09 bits per heavy atom. The van der Waals surface area contributed by atoms with E-state index in [4.69, 9.17) is 9.84 Å². The number of nitrogens with one attached hydrogen (secondary N) is 1. The second kappa shape index (κ2) is 9.35. The lowest BCUT2D eigenvalue weighted by Crippen LogP contribution is -2.36. The number of ether oxygens (including phenoxy) is 1. The number of carbonyl (C=O) groups excluding carboxylic acids is 3. The summed E-state index contributed by atoms with van der Waals surface area (Å²) in [5, 5.41) is 19.9. The van der Waals surface area contributed by atoms with Crippen LogP contribution in [0.25, 0.3) is 6.08 Å². The zero-order valence-corrected chi connectivity index (χ0v) is 17.3. The molecule has 0 saturated carbocycles. The van der Waals surface area contributed by atoms with E-state index < -0.39 is 35.5 Å². The molecule has 3 rings (SSSR count). The highest BCUT2D eigenvalue weighted by Crippen LogP contribution is 2.33. The van der Waals surface area contributed by atoms with Crippen LogP contribution in [-0.4, -0.2) is 57.8 Å². The predicted octanol–water partition coefficient (Wildman–Crippen LogP) is 2.77. The standard InChI is InChI=1S/C21H16N2O8S/c1-31-15-5-3-2-4-11(15)9-16-18(25)23(21(30)32-16)10-17(24)22-14-8-12(19(26)27)6-7-13(14)20(28)29/h2-9H,10H2,1H3,(H,22,24)(H,26,27)(H,28,29)/b16-9-. The summed E-state index contributed by atoms with van der Waals surface area (Å²) >= 11 is 0.650.